The molecule has 0 saturated heterocycles. The van der Waals surface area contributed by atoms with Crippen LogP contribution in [-0.4, -0.2) is 23.1 Å². The summed E-state index contributed by atoms with van der Waals surface area (Å²) in [6.07, 6.45) is 0. The maximum atomic E-state index is 13.9. The molecule has 0 atom stereocenters. The molecule has 0 aliphatic rings. The van der Waals surface area contributed by atoms with Gasteiger partial charge in [0.25, 0.3) is 0 Å². The van der Waals surface area contributed by atoms with Gasteiger partial charge >= 0.3 is 11.7 Å². The average molecular weight is 271 g/mol. The van der Waals surface area contributed by atoms with E-state index >= 15 is 0 Å². The number of nitrogens with zero attached hydrogens (tertiary/aromatic N) is 1. The molecule has 0 radical (unpaired) electrons. The molecule has 1 rings (SSSR count). The number of ether oxygens (including phenoxy) is 1. The molecule has 104 valence electrons. The van der Waals surface area contributed by atoms with E-state index in [9.17, 15) is 19.3 Å². The van der Waals surface area contributed by atoms with Crippen molar-refractivity contribution in [2.75, 3.05) is 7.11 Å². The van der Waals surface area contributed by atoms with Crippen molar-refractivity contribution in [1.29, 1.82) is 0 Å². The lowest BCUT2D eigenvalue weighted by Crippen LogP contribution is -2.17. The van der Waals surface area contributed by atoms with Gasteiger partial charge in [0.2, 0.25) is 5.82 Å². The van der Waals surface area contributed by atoms with Crippen LogP contribution in [0.4, 0.5) is 10.1 Å². The van der Waals surface area contributed by atoms with E-state index in [1.54, 1.807) is 20.8 Å². The van der Waals surface area contributed by atoms with E-state index in [1.165, 1.54) is 7.11 Å². The zero-order chi connectivity index (χ0) is 15.0. The number of methoxy groups -OCH3 is 1. The Hall–Kier alpha value is -2.18. The molecule has 0 amide bonds. The topological polar surface area (TPSA) is 89.7 Å². The van der Waals surface area contributed by atoms with Crippen LogP contribution in [0.5, 0.6) is 5.75 Å². The van der Waals surface area contributed by atoms with E-state index in [4.69, 9.17) is 9.84 Å². The van der Waals surface area contributed by atoms with Gasteiger partial charge in [0.15, 0.2) is 0 Å². The average Bonchev–Trinajstić information content (AvgIpc) is 2.25. The molecule has 7 heteroatoms. The van der Waals surface area contributed by atoms with Gasteiger partial charge in [-0.25, -0.2) is 4.79 Å². The maximum Gasteiger partial charge on any atom is 0.342 e. The number of aromatic carboxylic acids is 1. The molecule has 6 nitrogen and oxygen atoms in total. The van der Waals surface area contributed by atoms with Crippen LogP contribution in [0.2, 0.25) is 0 Å². The molecule has 1 aromatic carbocycles. The number of hydrogen-bond donors (Lipinski definition) is 1. The zero-order valence-electron chi connectivity index (χ0n) is 11.0. The maximum absolute atomic E-state index is 13.9. The van der Waals surface area contributed by atoms with Crippen LogP contribution >= 0.6 is 0 Å². The van der Waals surface area contributed by atoms with Crippen LogP contribution in [0.15, 0.2) is 6.07 Å². The van der Waals surface area contributed by atoms with E-state index < -0.39 is 33.4 Å². The summed E-state index contributed by atoms with van der Waals surface area (Å²) in [4.78, 5) is 21.0. The van der Waals surface area contributed by atoms with Crippen LogP contribution in [0.3, 0.4) is 0 Å². The highest BCUT2D eigenvalue weighted by Crippen LogP contribution is 2.39. The van der Waals surface area contributed by atoms with Crippen molar-refractivity contribution in [3.05, 3.63) is 33.1 Å². The second-order valence-corrected chi connectivity index (χ2v) is 4.98. The number of carboxylic acid groups (broad SMARTS) is 1. The van der Waals surface area contributed by atoms with Crippen molar-refractivity contribution in [1.82, 2.24) is 0 Å². The lowest BCUT2D eigenvalue weighted by molar-refractivity contribution is -0.387. The van der Waals surface area contributed by atoms with Gasteiger partial charge in [0, 0.05) is 11.6 Å². The third-order valence-electron chi connectivity index (χ3n) is 2.62. The predicted molar refractivity (Wildman–Crippen MR) is 65.3 cm³/mol. The van der Waals surface area contributed by atoms with Crippen molar-refractivity contribution in [3.8, 4) is 5.75 Å². The summed E-state index contributed by atoms with van der Waals surface area (Å²) in [5.74, 6) is -3.20. The molecule has 0 spiro atoms. The van der Waals surface area contributed by atoms with E-state index in [0.29, 0.717) is 0 Å². The summed E-state index contributed by atoms with van der Waals surface area (Å²) in [5, 5.41) is 19.8. The van der Waals surface area contributed by atoms with Gasteiger partial charge in [0.1, 0.15) is 11.3 Å². The summed E-state index contributed by atoms with van der Waals surface area (Å²) in [5.41, 5.74) is -2.06. The standard InChI is InChI=1S/C12H14FNO5/c1-12(2,3)6-5-7(14(17)18)9(13)8(11(15)16)10(6)19-4/h5H,1-4H3,(H,15,16). The van der Waals surface area contributed by atoms with Crippen molar-refractivity contribution in [2.24, 2.45) is 0 Å². The second-order valence-electron chi connectivity index (χ2n) is 4.98. The molecule has 1 aromatic rings. The molecule has 0 aliphatic heterocycles. The number of carboxylic acids is 1. The highest BCUT2D eigenvalue weighted by molar-refractivity contribution is 5.93. The number of halogens is 1. The molecule has 0 aliphatic carbocycles. The fourth-order valence-corrected chi connectivity index (χ4v) is 1.72. The quantitative estimate of drug-likeness (QED) is 0.674. The van der Waals surface area contributed by atoms with Crippen LogP contribution in [0.25, 0.3) is 0 Å². The third kappa shape index (κ3) is 2.64. The van der Waals surface area contributed by atoms with Crippen LogP contribution in [0.1, 0.15) is 36.7 Å². The Bertz CT molecular complexity index is 548. The molecule has 0 saturated carbocycles. The van der Waals surface area contributed by atoms with E-state index in [1.807, 2.05) is 0 Å². The van der Waals surface area contributed by atoms with Gasteiger partial charge in [-0.2, -0.15) is 4.39 Å². The van der Waals surface area contributed by atoms with E-state index in [0.717, 1.165) is 6.07 Å². The van der Waals surface area contributed by atoms with Crippen LogP contribution in [-0.2, 0) is 5.41 Å². The predicted octanol–water partition coefficient (Wildman–Crippen LogP) is 2.74. The molecule has 0 fully saturated rings. The Morgan fingerprint density at radius 3 is 2.32 bits per heavy atom. The first-order valence-corrected chi connectivity index (χ1v) is 5.40. The summed E-state index contributed by atoms with van der Waals surface area (Å²) in [6.45, 7) is 5.16. The largest absolute Gasteiger partial charge is 0.495 e. The minimum Gasteiger partial charge on any atom is -0.495 e. The molecule has 0 heterocycles. The Morgan fingerprint density at radius 1 is 1.47 bits per heavy atom. The number of hydrogen-bond acceptors (Lipinski definition) is 4. The van der Waals surface area contributed by atoms with E-state index in [-0.39, 0.29) is 11.3 Å². The van der Waals surface area contributed by atoms with Crippen LogP contribution < -0.4 is 4.74 Å². The molecular formula is C12H14FNO5. The monoisotopic (exact) mass is 271 g/mol. The van der Waals surface area contributed by atoms with Crippen molar-refractivity contribution in [2.45, 2.75) is 26.2 Å². The minimum absolute atomic E-state index is 0.192. The molecule has 0 bridgehead atoms. The number of nitro groups is 1. The summed E-state index contributed by atoms with van der Waals surface area (Å²) >= 11 is 0. The molecule has 1 N–H and O–H groups in total. The smallest absolute Gasteiger partial charge is 0.342 e. The normalized spacial score (nSPS) is 11.2. The molecule has 19 heavy (non-hydrogen) atoms. The lowest BCUT2D eigenvalue weighted by atomic mass is 9.84. The number of carbonyl (C=O) groups is 1. The van der Waals surface area contributed by atoms with Crippen molar-refractivity contribution >= 4 is 11.7 Å². The number of benzene rings is 1. The summed E-state index contributed by atoms with van der Waals surface area (Å²) < 4.78 is 18.8. The van der Waals surface area contributed by atoms with Gasteiger partial charge in [-0.1, -0.05) is 20.8 Å². The number of nitro benzene ring substituents is 1. The van der Waals surface area contributed by atoms with Crippen molar-refractivity contribution < 1.29 is 24.0 Å². The first kappa shape index (κ1) is 14.9. The number of rotatable bonds is 3. The Morgan fingerprint density at radius 2 is 2.00 bits per heavy atom. The van der Waals surface area contributed by atoms with Gasteiger partial charge in [-0.15, -0.1) is 0 Å². The van der Waals surface area contributed by atoms with E-state index in [2.05, 4.69) is 0 Å². The van der Waals surface area contributed by atoms with Crippen molar-refractivity contribution in [3.63, 3.8) is 0 Å². The van der Waals surface area contributed by atoms with Gasteiger partial charge in [-0.05, 0) is 5.41 Å². The Labute approximate surface area is 109 Å². The highest BCUT2D eigenvalue weighted by atomic mass is 19.1. The third-order valence-corrected chi connectivity index (χ3v) is 2.62. The fraction of sp³-hybridized carbons (Fsp3) is 0.417. The SMILES string of the molecule is COc1c(C(C)(C)C)cc([N+](=O)[O-])c(F)c1C(=O)O. The molecule has 0 aromatic heterocycles. The first-order chi connectivity index (χ1) is 8.61. The molecule has 0 unspecified atom stereocenters. The Balaban J connectivity index is 3.84. The minimum atomic E-state index is -1.61. The zero-order valence-corrected chi connectivity index (χ0v) is 11.0. The summed E-state index contributed by atoms with van der Waals surface area (Å²) in [7, 11) is 1.20. The summed E-state index contributed by atoms with van der Waals surface area (Å²) in [6, 6.07) is 1.01. The Kier molecular flexibility index (Phi) is 3.78. The highest BCUT2D eigenvalue weighted by Gasteiger charge is 2.33. The van der Waals surface area contributed by atoms with Gasteiger partial charge < -0.3 is 9.84 Å². The fourth-order valence-electron chi connectivity index (χ4n) is 1.72. The van der Waals surface area contributed by atoms with Gasteiger partial charge in [0.05, 0.1) is 12.0 Å². The first-order valence-electron chi connectivity index (χ1n) is 5.40. The van der Waals surface area contributed by atoms with Crippen LogP contribution in [0, 0.1) is 15.9 Å². The second kappa shape index (κ2) is 4.83. The lowest BCUT2D eigenvalue weighted by Gasteiger charge is -2.23. The van der Waals surface area contributed by atoms with Gasteiger partial charge in [-0.3, -0.25) is 10.1 Å². The molecular weight excluding hydrogens is 257 g/mol.